The molecular weight excluding hydrogens is 316 g/mol. The molecule has 0 aliphatic heterocycles. The summed E-state index contributed by atoms with van der Waals surface area (Å²) in [6.07, 6.45) is 1.50. The summed E-state index contributed by atoms with van der Waals surface area (Å²) in [6, 6.07) is 15.2. The minimum absolute atomic E-state index is 0.172. The predicted molar refractivity (Wildman–Crippen MR) is 84.5 cm³/mol. The molecule has 0 saturated heterocycles. The molecule has 3 rings (SSSR count). The van der Waals surface area contributed by atoms with Gasteiger partial charge in [0.2, 0.25) is 11.0 Å². The fourth-order valence-corrected chi connectivity index (χ4v) is 3.28. The normalized spacial score (nSPS) is 11.3. The van der Waals surface area contributed by atoms with Crippen LogP contribution in [0, 0.1) is 0 Å². The van der Waals surface area contributed by atoms with E-state index in [1.807, 2.05) is 6.07 Å². The zero-order valence-corrected chi connectivity index (χ0v) is 13.1. The van der Waals surface area contributed by atoms with E-state index in [9.17, 15) is 8.42 Å². The molecule has 8 heteroatoms. The van der Waals surface area contributed by atoms with Gasteiger partial charge in [0.15, 0.2) is 0 Å². The van der Waals surface area contributed by atoms with Gasteiger partial charge in [0.25, 0.3) is 22.1 Å². The molecule has 2 aromatic carbocycles. The summed E-state index contributed by atoms with van der Waals surface area (Å²) in [5.41, 5.74) is 6.70. The Bertz CT molecular complexity index is 905. The number of anilines is 2. The fraction of sp³-hybridized carbons (Fsp3) is 0.0667. The van der Waals surface area contributed by atoms with Crippen molar-refractivity contribution in [3.8, 4) is 5.69 Å². The number of rotatable bonds is 4. The molecule has 23 heavy (non-hydrogen) atoms. The van der Waals surface area contributed by atoms with Crippen molar-refractivity contribution < 1.29 is 17.6 Å². The van der Waals surface area contributed by atoms with Crippen molar-refractivity contribution >= 4 is 21.6 Å². The van der Waals surface area contributed by atoms with E-state index in [1.54, 1.807) is 36.4 Å². The number of nitrogens with two attached hydrogens (primary N) is 1. The van der Waals surface area contributed by atoms with Crippen LogP contribution in [0.25, 0.3) is 5.69 Å². The second-order valence-electron chi connectivity index (χ2n) is 4.85. The molecule has 1 heterocycles. The van der Waals surface area contributed by atoms with Gasteiger partial charge in [-0.3, -0.25) is 8.83 Å². The summed E-state index contributed by atoms with van der Waals surface area (Å²) in [7, 11) is -2.11. The molecule has 0 amide bonds. The van der Waals surface area contributed by atoms with E-state index in [0.717, 1.165) is 0 Å². The highest BCUT2D eigenvalue weighted by Crippen LogP contribution is 2.21. The Morgan fingerprint density at radius 2 is 1.74 bits per heavy atom. The Morgan fingerprint density at radius 3 is 2.30 bits per heavy atom. The van der Waals surface area contributed by atoms with E-state index >= 15 is 0 Å². The van der Waals surface area contributed by atoms with Crippen LogP contribution in [0.1, 0.15) is 0 Å². The SMILES string of the molecule is CN(c1ccccc1)S(=O)(=O)c1ccc(-[n+]2cc(N)on2)cc1. The Kier molecular flexibility index (Phi) is 3.75. The van der Waals surface area contributed by atoms with E-state index < -0.39 is 10.0 Å². The molecule has 0 aliphatic carbocycles. The van der Waals surface area contributed by atoms with Crippen molar-refractivity contribution in [2.45, 2.75) is 4.90 Å². The Labute approximate surface area is 133 Å². The first-order valence-corrected chi connectivity index (χ1v) is 8.21. The third kappa shape index (κ3) is 2.88. The van der Waals surface area contributed by atoms with Gasteiger partial charge >= 0.3 is 0 Å². The predicted octanol–water partition coefficient (Wildman–Crippen LogP) is 1.36. The van der Waals surface area contributed by atoms with E-state index in [1.165, 1.54) is 34.4 Å². The molecule has 0 fully saturated rings. The number of hydrogen-bond donors (Lipinski definition) is 1. The van der Waals surface area contributed by atoms with Gasteiger partial charge in [0.1, 0.15) is 0 Å². The van der Waals surface area contributed by atoms with Gasteiger partial charge in [-0.05, 0) is 28.9 Å². The molecule has 0 unspecified atom stereocenters. The van der Waals surface area contributed by atoms with Gasteiger partial charge in [-0.1, -0.05) is 18.2 Å². The van der Waals surface area contributed by atoms with Gasteiger partial charge in [0, 0.05) is 19.2 Å². The molecular formula is C15H15N4O3S+. The van der Waals surface area contributed by atoms with Crippen molar-refractivity contribution in [1.82, 2.24) is 5.27 Å². The van der Waals surface area contributed by atoms with Crippen molar-refractivity contribution in [3.05, 3.63) is 60.8 Å². The molecule has 118 valence electrons. The molecule has 1 aromatic heterocycles. The minimum Gasteiger partial charge on any atom is -0.362 e. The van der Waals surface area contributed by atoms with Crippen LogP contribution in [0.15, 0.2) is 70.2 Å². The first-order chi connectivity index (χ1) is 11.0. The summed E-state index contributed by atoms with van der Waals surface area (Å²) in [4.78, 5) is 0.185. The van der Waals surface area contributed by atoms with E-state index in [2.05, 4.69) is 5.27 Å². The molecule has 7 nitrogen and oxygen atoms in total. The molecule has 0 aliphatic rings. The summed E-state index contributed by atoms with van der Waals surface area (Å²) in [6.45, 7) is 0. The molecule has 0 spiro atoms. The quantitative estimate of drug-likeness (QED) is 0.729. The average molecular weight is 331 g/mol. The topological polar surface area (TPSA) is 93.3 Å². The summed E-state index contributed by atoms with van der Waals surface area (Å²) < 4.78 is 32.7. The van der Waals surface area contributed by atoms with Crippen LogP contribution in [0.2, 0.25) is 0 Å². The fourth-order valence-electron chi connectivity index (χ4n) is 2.09. The van der Waals surface area contributed by atoms with Crippen molar-refractivity contribution in [1.29, 1.82) is 0 Å². The summed E-state index contributed by atoms with van der Waals surface area (Å²) in [5, 5.41) is 3.72. The first-order valence-electron chi connectivity index (χ1n) is 6.77. The standard InChI is InChI=1S/C15H15N4O3S/c1-18(12-5-3-2-4-6-12)23(20,21)14-9-7-13(8-10-14)19-11-15(16)22-17-19/h2-11H,16H2,1H3/q+1. The number of para-hydroxylation sites is 1. The van der Waals surface area contributed by atoms with Gasteiger partial charge in [-0.25, -0.2) is 8.42 Å². The van der Waals surface area contributed by atoms with Gasteiger partial charge in [0.05, 0.1) is 10.6 Å². The smallest absolute Gasteiger partial charge is 0.293 e. The molecule has 0 atom stereocenters. The highest BCUT2D eigenvalue weighted by molar-refractivity contribution is 7.92. The number of sulfonamides is 1. The Hall–Kier alpha value is -2.87. The third-order valence-electron chi connectivity index (χ3n) is 3.36. The van der Waals surface area contributed by atoms with Crippen LogP contribution in [0.5, 0.6) is 0 Å². The first kappa shape index (κ1) is 15.0. The van der Waals surface area contributed by atoms with Crippen LogP contribution < -0.4 is 14.7 Å². The van der Waals surface area contributed by atoms with Crippen LogP contribution in [0.3, 0.4) is 0 Å². The highest BCUT2D eigenvalue weighted by atomic mass is 32.2. The Morgan fingerprint density at radius 1 is 1.09 bits per heavy atom. The largest absolute Gasteiger partial charge is 0.362 e. The van der Waals surface area contributed by atoms with Crippen LogP contribution >= 0.6 is 0 Å². The summed E-state index contributed by atoms with van der Waals surface area (Å²) in [5.74, 6) is 0.172. The number of benzene rings is 2. The average Bonchev–Trinajstić information content (AvgIpc) is 3.01. The zero-order valence-electron chi connectivity index (χ0n) is 12.3. The maximum atomic E-state index is 12.6. The Balaban J connectivity index is 1.92. The molecule has 0 saturated carbocycles. The van der Waals surface area contributed by atoms with Gasteiger partial charge in [-0.15, -0.1) is 0 Å². The molecule has 2 N–H and O–H groups in total. The monoisotopic (exact) mass is 331 g/mol. The number of nitrogens with zero attached hydrogens (tertiary/aromatic N) is 3. The lowest BCUT2D eigenvalue weighted by molar-refractivity contribution is -0.670. The third-order valence-corrected chi connectivity index (χ3v) is 5.16. The zero-order chi connectivity index (χ0) is 16.4. The van der Waals surface area contributed by atoms with Crippen LogP contribution in [0.4, 0.5) is 11.6 Å². The van der Waals surface area contributed by atoms with Crippen LogP contribution in [-0.2, 0) is 10.0 Å². The van der Waals surface area contributed by atoms with E-state index in [-0.39, 0.29) is 10.8 Å². The highest BCUT2D eigenvalue weighted by Gasteiger charge is 2.22. The maximum Gasteiger partial charge on any atom is 0.293 e. The number of hydrogen-bond acceptors (Lipinski definition) is 5. The van der Waals surface area contributed by atoms with Gasteiger partial charge < -0.3 is 5.73 Å². The molecule has 0 bridgehead atoms. The van der Waals surface area contributed by atoms with Crippen molar-refractivity contribution in [3.63, 3.8) is 0 Å². The lowest BCUT2D eigenvalue weighted by Crippen LogP contribution is -2.31. The van der Waals surface area contributed by atoms with Gasteiger partial charge in [-0.2, -0.15) is 0 Å². The molecule has 3 aromatic rings. The maximum absolute atomic E-state index is 12.6. The van der Waals surface area contributed by atoms with Crippen LogP contribution in [-0.4, -0.2) is 20.7 Å². The second kappa shape index (κ2) is 5.73. The van der Waals surface area contributed by atoms with E-state index in [4.69, 9.17) is 10.3 Å². The molecule has 0 radical (unpaired) electrons. The summed E-state index contributed by atoms with van der Waals surface area (Å²) >= 11 is 0. The second-order valence-corrected chi connectivity index (χ2v) is 6.82. The van der Waals surface area contributed by atoms with E-state index in [0.29, 0.717) is 11.4 Å². The van der Waals surface area contributed by atoms with Crippen molar-refractivity contribution in [2.75, 3.05) is 17.1 Å². The van der Waals surface area contributed by atoms with Crippen molar-refractivity contribution in [2.24, 2.45) is 0 Å². The number of aromatic nitrogens is 2. The lowest BCUT2D eigenvalue weighted by Gasteiger charge is -2.19. The minimum atomic E-state index is -3.63. The lowest BCUT2D eigenvalue weighted by atomic mass is 10.3. The number of nitrogen functional groups attached to an aromatic ring is 1.